The lowest BCUT2D eigenvalue weighted by atomic mass is 9.96. The topological polar surface area (TPSA) is 225 Å². The molecule has 2 aliphatic rings. The lowest BCUT2D eigenvalue weighted by Gasteiger charge is -2.47. The number of rotatable bonds is 10. The van der Waals surface area contributed by atoms with Gasteiger partial charge in [0.25, 0.3) is 0 Å². The number of azide groups is 1. The van der Waals surface area contributed by atoms with Gasteiger partial charge in [0.2, 0.25) is 6.29 Å². The Morgan fingerprint density at radius 1 is 0.714 bits per heavy atom. The summed E-state index contributed by atoms with van der Waals surface area (Å²) < 4.78 is 44.1. The number of carbonyl (C=O) groups is 6. The Balaban J connectivity index is 2.62. The van der Waals surface area contributed by atoms with Gasteiger partial charge in [-0.1, -0.05) is 5.11 Å². The highest BCUT2D eigenvalue weighted by Crippen LogP contribution is 2.41. The molecule has 2 saturated heterocycles. The molecule has 234 valence electrons. The van der Waals surface area contributed by atoms with Crippen LogP contribution in [0.2, 0.25) is 0 Å². The SMILES string of the molecule is CC(=O)OC[C@H]1O[C@H](OC(C)=O)[C@H](N=[N+]=[N-])[C@@H](OC(C)=O)[C@@H]1O[C@@H]1S[C@@H](C)[C@@H](OC(C)=O)[C@@H](OC(C)=O)[C@@H]1OC(C)=O. The van der Waals surface area contributed by atoms with Gasteiger partial charge in [0.1, 0.15) is 36.4 Å². The van der Waals surface area contributed by atoms with Crippen molar-refractivity contribution in [2.45, 2.75) is 108 Å². The van der Waals surface area contributed by atoms with E-state index in [4.69, 9.17) is 37.9 Å². The van der Waals surface area contributed by atoms with Gasteiger partial charge >= 0.3 is 35.8 Å². The molecular formula is C24H33N3O14S. The highest BCUT2D eigenvalue weighted by Gasteiger charge is 2.55. The summed E-state index contributed by atoms with van der Waals surface area (Å²) in [6.45, 7) is 7.78. The number of ether oxygens (including phenoxy) is 8. The number of hydrogen-bond acceptors (Lipinski definition) is 16. The number of carbonyl (C=O) groups excluding carboxylic acids is 6. The number of thioether (sulfide) groups is 1. The van der Waals surface area contributed by atoms with E-state index in [1.165, 1.54) is 0 Å². The molecule has 0 aromatic carbocycles. The van der Waals surface area contributed by atoms with Crippen LogP contribution in [0.3, 0.4) is 0 Å². The zero-order chi connectivity index (χ0) is 31.7. The van der Waals surface area contributed by atoms with Gasteiger partial charge in [-0.3, -0.25) is 28.8 Å². The molecule has 2 rings (SSSR count). The van der Waals surface area contributed by atoms with E-state index in [2.05, 4.69) is 10.0 Å². The van der Waals surface area contributed by atoms with Crippen molar-refractivity contribution in [1.82, 2.24) is 0 Å². The summed E-state index contributed by atoms with van der Waals surface area (Å²) in [5.41, 5.74) is 8.02. The van der Waals surface area contributed by atoms with Crippen LogP contribution in [0, 0.1) is 0 Å². The van der Waals surface area contributed by atoms with Crippen LogP contribution in [0.1, 0.15) is 48.5 Å². The van der Waals surface area contributed by atoms with Crippen molar-refractivity contribution >= 4 is 47.6 Å². The molecule has 0 aromatic rings. The normalized spacial score (nSPS) is 32.3. The first-order valence-electron chi connectivity index (χ1n) is 12.6. The predicted octanol–water partition coefficient (Wildman–Crippen LogP) is 1.09. The van der Waals surface area contributed by atoms with Gasteiger partial charge in [0.15, 0.2) is 18.3 Å². The van der Waals surface area contributed by atoms with Crippen molar-refractivity contribution in [3.63, 3.8) is 0 Å². The zero-order valence-electron chi connectivity index (χ0n) is 23.9. The molecule has 0 aliphatic carbocycles. The second-order valence-electron chi connectivity index (χ2n) is 9.26. The lowest BCUT2D eigenvalue weighted by Crippen LogP contribution is -2.64. The third-order valence-corrected chi connectivity index (χ3v) is 7.10. The average Bonchev–Trinajstić information content (AvgIpc) is 2.84. The number of hydrogen-bond donors (Lipinski definition) is 0. The molecule has 0 amide bonds. The Kier molecular flexibility index (Phi) is 12.8. The standard InChI is InChI=1S/C24H33N3O14S/c1-9-18(35-11(3)29)21(37-13(5)31)22(38-14(6)32)24(42-9)41-19-16(8-34-10(2)28)40-23(39-15(7)33)17(26-27-25)20(19)36-12(4)30/h9,16-24H,8H2,1-7H3/t9-,16+,17+,18+,19+,20+,21+,22-,23-,24+/m0/s1. The monoisotopic (exact) mass is 619 g/mol. The van der Waals surface area contributed by atoms with Crippen LogP contribution in [0.25, 0.3) is 10.4 Å². The number of esters is 6. The molecule has 0 unspecified atom stereocenters. The van der Waals surface area contributed by atoms with Gasteiger partial charge in [-0.15, -0.1) is 11.8 Å². The minimum atomic E-state index is -1.58. The summed E-state index contributed by atoms with van der Waals surface area (Å²) in [4.78, 5) is 74.3. The van der Waals surface area contributed by atoms with Crippen LogP contribution < -0.4 is 0 Å². The molecular weight excluding hydrogens is 586 g/mol. The fourth-order valence-electron chi connectivity index (χ4n) is 4.39. The van der Waals surface area contributed by atoms with E-state index in [0.717, 1.165) is 53.3 Å². The second kappa shape index (κ2) is 15.6. The molecule has 18 heteroatoms. The van der Waals surface area contributed by atoms with E-state index >= 15 is 0 Å². The lowest BCUT2D eigenvalue weighted by molar-refractivity contribution is -0.278. The first-order valence-corrected chi connectivity index (χ1v) is 13.6. The van der Waals surface area contributed by atoms with E-state index in [1.54, 1.807) is 6.92 Å². The second-order valence-corrected chi connectivity index (χ2v) is 10.7. The highest BCUT2D eigenvalue weighted by molar-refractivity contribution is 8.00. The van der Waals surface area contributed by atoms with Crippen LogP contribution in [-0.2, 0) is 66.7 Å². The Morgan fingerprint density at radius 2 is 1.21 bits per heavy atom. The summed E-state index contributed by atoms with van der Waals surface area (Å²) >= 11 is 1.02. The van der Waals surface area contributed by atoms with Gasteiger partial charge < -0.3 is 37.9 Å². The Bertz CT molecular complexity index is 1100. The third-order valence-electron chi connectivity index (χ3n) is 5.76. The maximum atomic E-state index is 12.2. The van der Waals surface area contributed by atoms with E-state index in [9.17, 15) is 34.3 Å². The molecule has 42 heavy (non-hydrogen) atoms. The van der Waals surface area contributed by atoms with Gasteiger partial charge in [-0.05, 0) is 12.5 Å². The van der Waals surface area contributed by atoms with Crippen molar-refractivity contribution < 1.29 is 66.7 Å². The highest BCUT2D eigenvalue weighted by atomic mass is 32.2. The summed E-state index contributed by atoms with van der Waals surface area (Å²) in [6.07, 6.45) is -9.53. The van der Waals surface area contributed by atoms with E-state index in [0.29, 0.717) is 0 Å². The molecule has 0 bridgehead atoms. The van der Waals surface area contributed by atoms with Gasteiger partial charge in [-0.2, -0.15) is 0 Å². The molecule has 0 saturated carbocycles. The molecule has 0 radical (unpaired) electrons. The fraction of sp³-hybridized carbons (Fsp3) is 0.750. The Hall–Kier alpha value is -3.60. The van der Waals surface area contributed by atoms with Crippen LogP contribution in [0.4, 0.5) is 0 Å². The van der Waals surface area contributed by atoms with Crippen molar-refractivity contribution in [2.24, 2.45) is 5.11 Å². The fourth-order valence-corrected chi connectivity index (χ4v) is 5.74. The van der Waals surface area contributed by atoms with Crippen LogP contribution in [0.15, 0.2) is 5.11 Å². The molecule has 2 fully saturated rings. The minimum absolute atomic E-state index is 0.493. The smallest absolute Gasteiger partial charge is 0.304 e. The predicted molar refractivity (Wildman–Crippen MR) is 138 cm³/mol. The zero-order valence-corrected chi connectivity index (χ0v) is 24.8. The van der Waals surface area contributed by atoms with E-state index in [-0.39, 0.29) is 0 Å². The number of nitrogens with zero attached hydrogens (tertiary/aromatic N) is 3. The van der Waals surface area contributed by atoms with Crippen molar-refractivity contribution in [3.05, 3.63) is 10.4 Å². The van der Waals surface area contributed by atoms with Crippen LogP contribution in [0.5, 0.6) is 0 Å². The van der Waals surface area contributed by atoms with Crippen molar-refractivity contribution in [1.29, 1.82) is 0 Å². The minimum Gasteiger partial charge on any atom is -0.463 e. The van der Waals surface area contributed by atoms with Gasteiger partial charge in [0.05, 0.1) is 0 Å². The van der Waals surface area contributed by atoms with Gasteiger partial charge in [0, 0.05) is 51.7 Å². The van der Waals surface area contributed by atoms with E-state index in [1.807, 2.05) is 0 Å². The summed E-state index contributed by atoms with van der Waals surface area (Å²) in [6, 6.07) is -1.47. The average molecular weight is 620 g/mol. The first-order chi connectivity index (χ1) is 19.6. The molecule has 2 heterocycles. The molecule has 0 N–H and O–H groups in total. The van der Waals surface area contributed by atoms with Crippen LogP contribution >= 0.6 is 11.8 Å². The molecule has 0 aromatic heterocycles. The summed E-state index contributed by atoms with van der Waals surface area (Å²) in [5, 5.41) is 2.99. The molecule has 17 nitrogen and oxygen atoms in total. The first kappa shape index (κ1) is 34.6. The molecule has 10 atom stereocenters. The van der Waals surface area contributed by atoms with Crippen molar-refractivity contribution in [2.75, 3.05) is 6.61 Å². The van der Waals surface area contributed by atoms with Gasteiger partial charge in [-0.25, -0.2) is 0 Å². The maximum absolute atomic E-state index is 12.2. The molecule has 2 aliphatic heterocycles. The Morgan fingerprint density at radius 3 is 1.71 bits per heavy atom. The summed E-state index contributed by atoms with van der Waals surface area (Å²) in [5.74, 6) is -4.62. The largest absolute Gasteiger partial charge is 0.463 e. The Labute approximate surface area is 244 Å². The maximum Gasteiger partial charge on any atom is 0.304 e. The van der Waals surface area contributed by atoms with Crippen molar-refractivity contribution in [3.8, 4) is 0 Å². The molecule has 0 spiro atoms. The van der Waals surface area contributed by atoms with Crippen LogP contribution in [-0.4, -0.2) is 102 Å². The summed E-state index contributed by atoms with van der Waals surface area (Å²) in [7, 11) is 0. The quantitative estimate of drug-likeness (QED) is 0.110. The third kappa shape index (κ3) is 9.75. The van der Waals surface area contributed by atoms with E-state index < -0.39 is 102 Å².